The van der Waals surface area contributed by atoms with Crippen LogP contribution in [0.5, 0.6) is 5.75 Å². The molecule has 2 unspecified atom stereocenters. The maximum Gasteiger partial charge on any atom is 0.119 e. The van der Waals surface area contributed by atoms with Crippen molar-refractivity contribution < 1.29 is 4.74 Å². The molecule has 0 saturated heterocycles. The van der Waals surface area contributed by atoms with E-state index in [-0.39, 0.29) is 6.10 Å². The SMILES string of the molecule is CC(C)Oc1ccc(C(C(C)CCN)N(C)C)cc1. The molecule has 0 heterocycles. The number of benzene rings is 1. The van der Waals surface area contributed by atoms with Crippen LogP contribution in [0.25, 0.3) is 0 Å². The summed E-state index contributed by atoms with van der Waals surface area (Å²) in [4.78, 5) is 2.26. The molecular weight excluding hydrogens is 236 g/mol. The van der Waals surface area contributed by atoms with E-state index in [9.17, 15) is 0 Å². The van der Waals surface area contributed by atoms with Gasteiger partial charge in [-0.2, -0.15) is 0 Å². The zero-order valence-corrected chi connectivity index (χ0v) is 12.9. The molecule has 19 heavy (non-hydrogen) atoms. The van der Waals surface area contributed by atoms with Crippen LogP contribution in [0.1, 0.15) is 38.8 Å². The summed E-state index contributed by atoms with van der Waals surface area (Å²) in [7, 11) is 4.24. The number of nitrogens with zero attached hydrogens (tertiary/aromatic N) is 1. The number of rotatable bonds is 7. The molecule has 108 valence electrons. The average molecular weight is 264 g/mol. The fraction of sp³-hybridized carbons (Fsp3) is 0.625. The van der Waals surface area contributed by atoms with Crippen LogP contribution in [-0.4, -0.2) is 31.6 Å². The fourth-order valence-corrected chi connectivity index (χ4v) is 2.57. The molecule has 0 aliphatic rings. The van der Waals surface area contributed by atoms with Crippen molar-refractivity contribution in [2.24, 2.45) is 11.7 Å². The lowest BCUT2D eigenvalue weighted by atomic mass is 9.91. The monoisotopic (exact) mass is 264 g/mol. The van der Waals surface area contributed by atoms with Crippen LogP contribution in [0.2, 0.25) is 0 Å². The van der Waals surface area contributed by atoms with E-state index in [0.29, 0.717) is 12.0 Å². The van der Waals surface area contributed by atoms with Gasteiger partial charge in [0, 0.05) is 6.04 Å². The highest BCUT2D eigenvalue weighted by atomic mass is 16.5. The minimum absolute atomic E-state index is 0.214. The van der Waals surface area contributed by atoms with E-state index in [1.54, 1.807) is 0 Å². The number of hydrogen-bond acceptors (Lipinski definition) is 3. The maximum absolute atomic E-state index is 5.69. The Morgan fingerprint density at radius 3 is 2.11 bits per heavy atom. The molecule has 3 nitrogen and oxygen atoms in total. The van der Waals surface area contributed by atoms with Crippen molar-refractivity contribution in [1.29, 1.82) is 0 Å². The van der Waals surface area contributed by atoms with E-state index < -0.39 is 0 Å². The van der Waals surface area contributed by atoms with Gasteiger partial charge in [0.25, 0.3) is 0 Å². The Morgan fingerprint density at radius 2 is 1.68 bits per heavy atom. The van der Waals surface area contributed by atoms with E-state index in [0.717, 1.165) is 18.7 Å². The van der Waals surface area contributed by atoms with Crippen molar-refractivity contribution in [3.8, 4) is 5.75 Å². The second-order valence-corrected chi connectivity index (χ2v) is 5.70. The fourth-order valence-electron chi connectivity index (χ4n) is 2.57. The zero-order chi connectivity index (χ0) is 14.4. The largest absolute Gasteiger partial charge is 0.491 e. The number of ether oxygens (including phenoxy) is 1. The third-order valence-corrected chi connectivity index (χ3v) is 3.31. The molecule has 0 aliphatic carbocycles. The van der Waals surface area contributed by atoms with Gasteiger partial charge < -0.3 is 15.4 Å². The lowest BCUT2D eigenvalue weighted by Gasteiger charge is -2.30. The van der Waals surface area contributed by atoms with Crippen molar-refractivity contribution in [1.82, 2.24) is 4.90 Å². The lowest BCUT2D eigenvalue weighted by molar-refractivity contribution is 0.216. The first-order valence-corrected chi connectivity index (χ1v) is 7.08. The molecular formula is C16H28N2O. The normalized spacial score (nSPS) is 14.7. The van der Waals surface area contributed by atoms with Crippen LogP contribution in [0.15, 0.2) is 24.3 Å². The Hall–Kier alpha value is -1.06. The van der Waals surface area contributed by atoms with Gasteiger partial charge in [0.1, 0.15) is 5.75 Å². The number of hydrogen-bond donors (Lipinski definition) is 1. The minimum atomic E-state index is 0.214. The molecule has 0 amide bonds. The molecule has 0 radical (unpaired) electrons. The third kappa shape index (κ3) is 4.84. The van der Waals surface area contributed by atoms with Crippen LogP contribution < -0.4 is 10.5 Å². The third-order valence-electron chi connectivity index (χ3n) is 3.31. The van der Waals surface area contributed by atoms with Gasteiger partial charge in [-0.25, -0.2) is 0 Å². The summed E-state index contributed by atoms with van der Waals surface area (Å²) in [5, 5.41) is 0. The van der Waals surface area contributed by atoms with Gasteiger partial charge in [0.2, 0.25) is 0 Å². The highest BCUT2D eigenvalue weighted by Crippen LogP contribution is 2.29. The molecule has 2 N–H and O–H groups in total. The highest BCUT2D eigenvalue weighted by Gasteiger charge is 2.20. The number of nitrogens with two attached hydrogens (primary N) is 1. The molecule has 0 fully saturated rings. The van der Waals surface area contributed by atoms with Crippen LogP contribution in [0.4, 0.5) is 0 Å². The van der Waals surface area contributed by atoms with Gasteiger partial charge in [-0.05, 0) is 64.5 Å². The molecule has 2 atom stereocenters. The summed E-state index contributed by atoms with van der Waals surface area (Å²) in [6.07, 6.45) is 1.25. The van der Waals surface area contributed by atoms with E-state index in [4.69, 9.17) is 10.5 Å². The van der Waals surface area contributed by atoms with Gasteiger partial charge in [-0.15, -0.1) is 0 Å². The Balaban J connectivity index is 2.85. The quantitative estimate of drug-likeness (QED) is 0.822. The molecule has 3 heteroatoms. The van der Waals surface area contributed by atoms with Crippen LogP contribution >= 0.6 is 0 Å². The zero-order valence-electron chi connectivity index (χ0n) is 12.9. The molecule has 0 aliphatic heterocycles. The predicted molar refractivity (Wildman–Crippen MR) is 81.5 cm³/mol. The van der Waals surface area contributed by atoms with Crippen molar-refractivity contribution in [3.05, 3.63) is 29.8 Å². The molecule has 0 bridgehead atoms. The van der Waals surface area contributed by atoms with Crippen molar-refractivity contribution in [3.63, 3.8) is 0 Å². The second kappa shape index (κ2) is 7.51. The summed E-state index contributed by atoms with van der Waals surface area (Å²) in [6, 6.07) is 8.84. The summed E-state index contributed by atoms with van der Waals surface area (Å²) in [6.45, 7) is 7.08. The summed E-state index contributed by atoms with van der Waals surface area (Å²) in [5.74, 6) is 1.47. The molecule has 0 spiro atoms. The predicted octanol–water partition coefficient (Wildman–Crippen LogP) is 3.06. The van der Waals surface area contributed by atoms with Crippen molar-refractivity contribution in [2.75, 3.05) is 20.6 Å². The van der Waals surface area contributed by atoms with Crippen molar-refractivity contribution in [2.45, 2.75) is 39.3 Å². The Morgan fingerprint density at radius 1 is 1.11 bits per heavy atom. The molecule has 0 saturated carbocycles. The van der Waals surface area contributed by atoms with Gasteiger partial charge in [-0.3, -0.25) is 0 Å². The Bertz CT molecular complexity index is 360. The smallest absolute Gasteiger partial charge is 0.119 e. The van der Waals surface area contributed by atoms with Gasteiger partial charge >= 0.3 is 0 Å². The van der Waals surface area contributed by atoms with Gasteiger partial charge in [0.15, 0.2) is 0 Å². The van der Waals surface area contributed by atoms with Gasteiger partial charge in [-0.1, -0.05) is 19.1 Å². The first-order chi connectivity index (χ1) is 8.95. The summed E-state index contributed by atoms with van der Waals surface area (Å²) >= 11 is 0. The average Bonchev–Trinajstić information content (AvgIpc) is 2.31. The molecule has 1 rings (SSSR count). The second-order valence-electron chi connectivity index (χ2n) is 5.70. The van der Waals surface area contributed by atoms with Crippen molar-refractivity contribution >= 4 is 0 Å². The Labute approximate surface area is 117 Å². The van der Waals surface area contributed by atoms with Crippen LogP contribution in [0, 0.1) is 5.92 Å². The summed E-state index contributed by atoms with van der Waals surface area (Å²) < 4.78 is 5.68. The highest BCUT2D eigenvalue weighted by molar-refractivity contribution is 5.29. The van der Waals surface area contributed by atoms with E-state index in [1.165, 1.54) is 5.56 Å². The van der Waals surface area contributed by atoms with E-state index in [2.05, 4.69) is 50.2 Å². The van der Waals surface area contributed by atoms with Crippen LogP contribution in [0.3, 0.4) is 0 Å². The summed E-state index contributed by atoms with van der Waals surface area (Å²) in [5.41, 5.74) is 7.01. The molecule has 1 aromatic rings. The standard InChI is InChI=1S/C16H28N2O/c1-12(2)19-15-8-6-14(7-9-15)16(18(4)5)13(3)10-11-17/h6-9,12-13,16H,10-11,17H2,1-5H3. The molecule has 0 aromatic heterocycles. The molecule has 1 aromatic carbocycles. The lowest BCUT2D eigenvalue weighted by Crippen LogP contribution is -2.27. The minimum Gasteiger partial charge on any atom is -0.491 e. The van der Waals surface area contributed by atoms with E-state index in [1.807, 2.05) is 13.8 Å². The van der Waals surface area contributed by atoms with Crippen LogP contribution in [-0.2, 0) is 0 Å². The topological polar surface area (TPSA) is 38.5 Å². The Kier molecular flexibility index (Phi) is 6.32. The first kappa shape index (κ1) is 16.0. The van der Waals surface area contributed by atoms with Gasteiger partial charge in [0.05, 0.1) is 6.10 Å². The van der Waals surface area contributed by atoms with E-state index >= 15 is 0 Å². The first-order valence-electron chi connectivity index (χ1n) is 7.08. The maximum atomic E-state index is 5.69.